The van der Waals surface area contributed by atoms with Gasteiger partial charge in [-0.05, 0) is 34.6 Å². The van der Waals surface area contributed by atoms with Gasteiger partial charge >= 0.3 is 6.09 Å². The van der Waals surface area contributed by atoms with Crippen LogP contribution >= 0.6 is 12.2 Å². The number of anilines is 1. The number of hydrogen-bond acceptors (Lipinski definition) is 11. The maximum atomic E-state index is 12.2. The van der Waals surface area contributed by atoms with E-state index >= 15 is 0 Å². The molecule has 0 saturated carbocycles. The highest BCUT2D eigenvalue weighted by Crippen LogP contribution is 2.44. The Bertz CT molecular complexity index is 963. The zero-order valence-electron chi connectivity index (χ0n) is 17.9. The van der Waals surface area contributed by atoms with Gasteiger partial charge in [-0.1, -0.05) is 0 Å². The van der Waals surface area contributed by atoms with Crippen molar-refractivity contribution in [2.75, 3.05) is 11.9 Å². The average Bonchev–Trinajstić information content (AvgIpc) is 3.30. The normalized spacial score (nSPS) is 27.4. The summed E-state index contributed by atoms with van der Waals surface area (Å²) in [6.45, 7) is 9.24. The first-order valence-corrected chi connectivity index (χ1v) is 10.6. The Morgan fingerprint density at radius 1 is 1.29 bits per heavy atom. The van der Waals surface area contributed by atoms with Crippen molar-refractivity contribution in [1.29, 1.82) is 0 Å². The van der Waals surface area contributed by atoms with E-state index < -0.39 is 35.9 Å². The molecule has 2 fully saturated rings. The van der Waals surface area contributed by atoms with Gasteiger partial charge in [0.25, 0.3) is 0 Å². The molecule has 0 spiro atoms. The van der Waals surface area contributed by atoms with Crippen molar-refractivity contribution in [3.63, 3.8) is 0 Å². The van der Waals surface area contributed by atoms with E-state index in [9.17, 15) is 4.79 Å². The second kappa shape index (κ2) is 8.15. The number of carbonyl (C=O) groups is 1. The van der Waals surface area contributed by atoms with Crippen molar-refractivity contribution in [3.05, 3.63) is 12.7 Å². The van der Waals surface area contributed by atoms with Crippen molar-refractivity contribution < 1.29 is 27.9 Å². The number of nitrogens with zero attached hydrogens (tertiary/aromatic N) is 4. The largest absolute Gasteiger partial charge is 0.444 e. The van der Waals surface area contributed by atoms with Gasteiger partial charge in [-0.3, -0.25) is 19.2 Å². The minimum atomic E-state index is -0.778. The minimum absolute atomic E-state index is 0.228. The van der Waals surface area contributed by atoms with Gasteiger partial charge in [0.15, 0.2) is 29.0 Å². The molecule has 31 heavy (non-hydrogen) atoms. The van der Waals surface area contributed by atoms with Crippen LogP contribution in [0.4, 0.5) is 10.6 Å². The Kier molecular flexibility index (Phi) is 5.83. The Hall–Kier alpha value is -2.03. The van der Waals surface area contributed by atoms with E-state index in [1.165, 1.54) is 6.33 Å². The monoisotopic (exact) mass is 454 g/mol. The number of hydrogen-bond donors (Lipinski definition) is 2. The molecule has 2 aliphatic rings. The quantitative estimate of drug-likeness (QED) is 0.506. The molecular weight excluding hydrogens is 428 g/mol. The molecule has 3 N–H and O–H groups in total. The third-order valence-corrected chi connectivity index (χ3v) is 4.95. The molecule has 4 atom stereocenters. The van der Waals surface area contributed by atoms with Crippen molar-refractivity contribution in [2.45, 2.75) is 70.5 Å². The lowest BCUT2D eigenvalue weighted by atomic mass is 10.1. The molecule has 2 aromatic rings. The van der Waals surface area contributed by atoms with Crippen LogP contribution in [0.2, 0.25) is 0 Å². The average molecular weight is 455 g/mol. The topological polar surface area (TPSA) is 145 Å². The highest BCUT2D eigenvalue weighted by Gasteiger charge is 2.56. The molecule has 0 aliphatic carbocycles. The lowest BCUT2D eigenvalue weighted by molar-refractivity contribution is -0.198. The molecule has 2 aromatic heterocycles. The maximum Gasteiger partial charge on any atom is 0.413 e. The molecule has 0 aromatic carbocycles. The molecule has 0 unspecified atom stereocenters. The highest BCUT2D eigenvalue weighted by atomic mass is 32.2. The number of carbonyl (C=O) groups excluding carboxylic acids is 1. The first kappa shape index (κ1) is 22.2. The molecule has 4 heterocycles. The fourth-order valence-corrected chi connectivity index (χ4v) is 3.87. The van der Waals surface area contributed by atoms with E-state index in [1.54, 1.807) is 31.7 Å². The summed E-state index contributed by atoms with van der Waals surface area (Å²) >= 11 is 0.767. The zero-order chi connectivity index (χ0) is 22.4. The second-order valence-electron chi connectivity index (χ2n) is 8.68. The van der Waals surface area contributed by atoms with Crippen LogP contribution in [0, 0.1) is 0 Å². The molecule has 1 amide bonds. The van der Waals surface area contributed by atoms with Crippen LogP contribution in [-0.4, -0.2) is 61.9 Å². The number of aromatic nitrogens is 4. The van der Waals surface area contributed by atoms with E-state index in [0.717, 1.165) is 12.2 Å². The summed E-state index contributed by atoms with van der Waals surface area (Å²) in [5.41, 5.74) is 0.213. The fraction of sp³-hybridized carbons (Fsp3) is 0.667. The first-order chi connectivity index (χ1) is 14.6. The van der Waals surface area contributed by atoms with Crippen LogP contribution in [0.3, 0.4) is 0 Å². The summed E-state index contributed by atoms with van der Waals surface area (Å²) in [5, 5.41) is 8.01. The Labute approximate surface area is 183 Å². The molecule has 4 rings (SSSR count). The van der Waals surface area contributed by atoms with Gasteiger partial charge in [0.2, 0.25) is 0 Å². The van der Waals surface area contributed by atoms with Gasteiger partial charge in [-0.2, -0.15) is 0 Å². The van der Waals surface area contributed by atoms with E-state index in [-0.39, 0.29) is 18.5 Å². The lowest BCUT2D eigenvalue weighted by Crippen LogP contribution is -2.32. The number of nitrogens with two attached hydrogens (primary N) is 1. The number of rotatable bonds is 5. The van der Waals surface area contributed by atoms with Gasteiger partial charge < -0.3 is 18.9 Å². The molecule has 12 nitrogen and oxygen atoms in total. The van der Waals surface area contributed by atoms with Gasteiger partial charge in [-0.15, -0.1) is 0 Å². The number of ether oxygens (including phenoxy) is 4. The second-order valence-corrected chi connectivity index (χ2v) is 9.11. The van der Waals surface area contributed by atoms with E-state index in [4.69, 9.17) is 28.3 Å². The third-order valence-electron chi connectivity index (χ3n) is 4.68. The fourth-order valence-electron chi connectivity index (χ4n) is 3.65. The number of imidazole rings is 1. The van der Waals surface area contributed by atoms with Crippen LogP contribution < -0.4 is 10.5 Å². The van der Waals surface area contributed by atoms with Crippen molar-refractivity contribution >= 4 is 35.3 Å². The van der Waals surface area contributed by atoms with E-state index in [1.807, 2.05) is 13.8 Å². The molecule has 2 saturated heterocycles. The molecular formula is C18H26N6O6S. The Morgan fingerprint density at radius 2 is 2.03 bits per heavy atom. The predicted molar refractivity (Wildman–Crippen MR) is 111 cm³/mol. The summed E-state index contributed by atoms with van der Waals surface area (Å²) in [6.07, 6.45) is 0.527. The summed E-state index contributed by atoms with van der Waals surface area (Å²) in [6, 6.07) is 0. The van der Waals surface area contributed by atoms with Crippen LogP contribution in [0.5, 0.6) is 0 Å². The van der Waals surface area contributed by atoms with Crippen LogP contribution in [0.1, 0.15) is 40.8 Å². The lowest BCUT2D eigenvalue weighted by Gasteiger charge is -2.24. The first-order valence-electron chi connectivity index (χ1n) is 9.75. The molecule has 2 aliphatic heterocycles. The van der Waals surface area contributed by atoms with Crippen LogP contribution in [-0.2, 0) is 23.1 Å². The van der Waals surface area contributed by atoms with Crippen molar-refractivity contribution in [1.82, 2.24) is 19.5 Å². The summed E-state index contributed by atoms with van der Waals surface area (Å²) in [7, 11) is 0. The number of amides is 1. The number of fused-ring (bicyclic) bond motifs is 2. The Morgan fingerprint density at radius 3 is 2.74 bits per heavy atom. The zero-order valence-corrected chi connectivity index (χ0v) is 18.7. The third kappa shape index (κ3) is 4.61. The van der Waals surface area contributed by atoms with E-state index in [0.29, 0.717) is 11.2 Å². The SMILES string of the molecule is CC(C)(C)OC(=O)Nc1ncnc2c1ncn2[C@@H]1O[C@H](COSN)[C@H]2OC(C)(C)O[C@H]21. The summed E-state index contributed by atoms with van der Waals surface area (Å²) in [4.78, 5) is 25.0. The summed E-state index contributed by atoms with van der Waals surface area (Å²) < 4.78 is 30.6. The Balaban J connectivity index is 1.62. The van der Waals surface area contributed by atoms with Crippen LogP contribution in [0.25, 0.3) is 11.2 Å². The smallest absolute Gasteiger partial charge is 0.413 e. The van der Waals surface area contributed by atoms with Crippen molar-refractivity contribution in [3.8, 4) is 0 Å². The maximum absolute atomic E-state index is 12.2. The van der Waals surface area contributed by atoms with Gasteiger partial charge in [0, 0.05) is 0 Å². The highest BCUT2D eigenvalue weighted by molar-refractivity contribution is 7.92. The van der Waals surface area contributed by atoms with Gasteiger partial charge in [-0.25, -0.2) is 19.7 Å². The molecule has 13 heteroatoms. The molecule has 0 bridgehead atoms. The van der Waals surface area contributed by atoms with Gasteiger partial charge in [0.05, 0.1) is 25.2 Å². The standard InChI is InChI=1S/C18H26N6O6S/c1-17(2,3)30-16(25)23-13-10-14(21-7-20-13)24(8-22-10)15-12-11(28-18(4,5)29-12)9(27-15)6-26-31-19/h7-9,11-12,15H,6,19H2,1-5H3,(H,20,21,23,25)/t9-,11-,12-,15-/m1/s1. The minimum Gasteiger partial charge on any atom is -0.444 e. The van der Waals surface area contributed by atoms with Crippen LogP contribution in [0.15, 0.2) is 12.7 Å². The van der Waals surface area contributed by atoms with E-state index in [2.05, 4.69) is 20.3 Å². The summed E-state index contributed by atoms with van der Waals surface area (Å²) in [5.74, 6) is -0.545. The number of nitrogens with one attached hydrogen (secondary N) is 1. The van der Waals surface area contributed by atoms with Crippen molar-refractivity contribution in [2.24, 2.45) is 5.14 Å². The van der Waals surface area contributed by atoms with Gasteiger partial charge in [0.1, 0.15) is 30.2 Å². The molecule has 0 radical (unpaired) electrons. The molecule has 170 valence electrons. The predicted octanol–water partition coefficient (Wildman–Crippen LogP) is 2.13.